The van der Waals surface area contributed by atoms with Gasteiger partial charge < -0.3 is 9.80 Å². The number of rotatable bonds is 6. The lowest BCUT2D eigenvalue weighted by Gasteiger charge is -2.22. The highest BCUT2D eigenvalue weighted by Gasteiger charge is 2.08. The van der Waals surface area contributed by atoms with Gasteiger partial charge in [-0.1, -0.05) is 0 Å². The molecule has 0 N–H and O–H groups in total. The predicted molar refractivity (Wildman–Crippen MR) is 104 cm³/mol. The highest BCUT2D eigenvalue weighted by atomic mass is 15.1. The van der Waals surface area contributed by atoms with Crippen LogP contribution in [0.1, 0.15) is 27.7 Å². The number of aromatic nitrogens is 2. The van der Waals surface area contributed by atoms with Crippen molar-refractivity contribution in [1.82, 2.24) is 9.97 Å². The molecule has 2 aromatic carbocycles. The van der Waals surface area contributed by atoms with Gasteiger partial charge in [0.25, 0.3) is 0 Å². The normalized spacial score (nSPS) is 11.2. The van der Waals surface area contributed by atoms with Crippen LogP contribution in [0, 0.1) is 0 Å². The zero-order chi connectivity index (χ0) is 17.1. The number of nitrogens with zero attached hydrogens (tertiary/aromatic N) is 4. The van der Waals surface area contributed by atoms with Crippen molar-refractivity contribution in [3.8, 4) is 0 Å². The van der Waals surface area contributed by atoms with E-state index in [2.05, 4.69) is 73.9 Å². The van der Waals surface area contributed by atoms with Crippen LogP contribution in [0.5, 0.6) is 0 Å². The molecule has 3 rings (SSSR count). The molecule has 4 heteroatoms. The van der Waals surface area contributed by atoms with Gasteiger partial charge in [-0.15, -0.1) is 0 Å². The van der Waals surface area contributed by atoms with Crippen molar-refractivity contribution in [3.63, 3.8) is 0 Å². The van der Waals surface area contributed by atoms with Gasteiger partial charge in [0.05, 0.1) is 22.1 Å². The van der Waals surface area contributed by atoms with Gasteiger partial charge in [-0.3, -0.25) is 0 Å². The van der Waals surface area contributed by atoms with Gasteiger partial charge in [0.2, 0.25) is 0 Å². The van der Waals surface area contributed by atoms with Crippen LogP contribution < -0.4 is 9.80 Å². The number of anilines is 2. The van der Waals surface area contributed by atoms with Crippen LogP contribution in [0.25, 0.3) is 22.1 Å². The molecule has 0 aliphatic heterocycles. The Kier molecular flexibility index (Phi) is 4.84. The summed E-state index contributed by atoms with van der Waals surface area (Å²) in [5, 5.41) is 0. The Morgan fingerprint density at radius 2 is 0.958 bits per heavy atom. The summed E-state index contributed by atoms with van der Waals surface area (Å²) in [6, 6.07) is 12.7. The van der Waals surface area contributed by atoms with Gasteiger partial charge in [0, 0.05) is 37.6 Å². The van der Waals surface area contributed by atoms with E-state index in [1.165, 1.54) is 11.4 Å². The monoisotopic (exact) mass is 322 g/mol. The standard InChI is InChI=1S/C20H26N4/c1-5-23(6-2)15-9-11-17-19(13-15)22-20-14-16(24(7-3)8-4)10-12-18(20)21-17/h9-14H,5-8H2,1-4H3. The maximum Gasteiger partial charge on any atom is 0.0915 e. The van der Waals surface area contributed by atoms with Gasteiger partial charge in [0.1, 0.15) is 0 Å². The van der Waals surface area contributed by atoms with Crippen molar-refractivity contribution in [1.29, 1.82) is 0 Å². The molecule has 3 aromatic rings. The van der Waals surface area contributed by atoms with E-state index in [1.807, 2.05) is 0 Å². The summed E-state index contributed by atoms with van der Waals surface area (Å²) in [6.07, 6.45) is 0. The molecule has 0 saturated heterocycles. The Morgan fingerprint density at radius 3 is 1.33 bits per heavy atom. The van der Waals surface area contributed by atoms with Crippen molar-refractivity contribution in [2.45, 2.75) is 27.7 Å². The fourth-order valence-electron chi connectivity index (χ4n) is 3.22. The number of fused-ring (bicyclic) bond motifs is 2. The van der Waals surface area contributed by atoms with E-state index >= 15 is 0 Å². The molecule has 1 aromatic heterocycles. The van der Waals surface area contributed by atoms with E-state index in [0.29, 0.717) is 0 Å². The summed E-state index contributed by atoms with van der Waals surface area (Å²) in [5.41, 5.74) is 6.25. The average Bonchev–Trinajstić information content (AvgIpc) is 2.62. The van der Waals surface area contributed by atoms with Gasteiger partial charge in [-0.25, -0.2) is 9.97 Å². The summed E-state index contributed by atoms with van der Waals surface area (Å²) < 4.78 is 0. The first-order chi connectivity index (χ1) is 11.7. The molecule has 0 fully saturated rings. The van der Waals surface area contributed by atoms with Crippen LogP contribution in [0.3, 0.4) is 0 Å². The zero-order valence-electron chi connectivity index (χ0n) is 15.1. The largest absolute Gasteiger partial charge is 0.372 e. The average molecular weight is 322 g/mol. The molecule has 0 atom stereocenters. The van der Waals surface area contributed by atoms with Crippen LogP contribution >= 0.6 is 0 Å². The lowest BCUT2D eigenvalue weighted by atomic mass is 10.2. The molecule has 4 nitrogen and oxygen atoms in total. The van der Waals surface area contributed by atoms with Crippen LogP contribution in [0.15, 0.2) is 36.4 Å². The number of benzene rings is 2. The molecule has 0 unspecified atom stereocenters. The summed E-state index contributed by atoms with van der Waals surface area (Å²) in [5.74, 6) is 0. The molecule has 24 heavy (non-hydrogen) atoms. The molecular weight excluding hydrogens is 296 g/mol. The van der Waals surface area contributed by atoms with Gasteiger partial charge in [-0.2, -0.15) is 0 Å². The van der Waals surface area contributed by atoms with E-state index in [-0.39, 0.29) is 0 Å². The molecule has 0 bridgehead atoms. The van der Waals surface area contributed by atoms with E-state index in [1.54, 1.807) is 0 Å². The van der Waals surface area contributed by atoms with Gasteiger partial charge >= 0.3 is 0 Å². The highest BCUT2D eigenvalue weighted by molar-refractivity contribution is 5.89. The lowest BCUT2D eigenvalue weighted by molar-refractivity contribution is 0.866. The lowest BCUT2D eigenvalue weighted by Crippen LogP contribution is -2.21. The highest BCUT2D eigenvalue weighted by Crippen LogP contribution is 2.25. The Labute approximate surface area is 144 Å². The first-order valence-corrected chi connectivity index (χ1v) is 8.91. The first kappa shape index (κ1) is 16.5. The molecule has 126 valence electrons. The molecule has 0 spiro atoms. The minimum Gasteiger partial charge on any atom is -0.372 e. The van der Waals surface area contributed by atoms with E-state index in [0.717, 1.165) is 48.2 Å². The third-order valence-corrected chi connectivity index (χ3v) is 4.66. The maximum atomic E-state index is 4.89. The SMILES string of the molecule is CCN(CC)c1ccc2nc3ccc(N(CC)CC)cc3nc2c1. The number of hydrogen-bond donors (Lipinski definition) is 0. The molecule has 1 heterocycles. The Hall–Kier alpha value is -2.36. The van der Waals surface area contributed by atoms with Crippen molar-refractivity contribution in [3.05, 3.63) is 36.4 Å². The van der Waals surface area contributed by atoms with Gasteiger partial charge in [0.15, 0.2) is 0 Å². The second-order valence-corrected chi connectivity index (χ2v) is 5.91. The Morgan fingerprint density at radius 1 is 0.583 bits per heavy atom. The van der Waals surface area contributed by atoms with Crippen molar-refractivity contribution >= 4 is 33.4 Å². The smallest absolute Gasteiger partial charge is 0.0915 e. The molecule has 0 aliphatic carbocycles. The summed E-state index contributed by atoms with van der Waals surface area (Å²) in [7, 11) is 0. The van der Waals surface area contributed by atoms with Crippen LogP contribution in [0.2, 0.25) is 0 Å². The third kappa shape index (κ3) is 3.01. The Balaban J connectivity index is 2.11. The molecule has 0 amide bonds. The van der Waals surface area contributed by atoms with Crippen LogP contribution in [-0.4, -0.2) is 36.1 Å². The minimum atomic E-state index is 0.953. The summed E-state index contributed by atoms with van der Waals surface area (Å²) in [6.45, 7) is 12.7. The quantitative estimate of drug-likeness (QED) is 0.627. The number of hydrogen-bond acceptors (Lipinski definition) is 4. The fraction of sp³-hybridized carbons (Fsp3) is 0.400. The summed E-state index contributed by atoms with van der Waals surface area (Å²) >= 11 is 0. The second-order valence-electron chi connectivity index (χ2n) is 5.91. The van der Waals surface area contributed by atoms with E-state index < -0.39 is 0 Å². The molecular formula is C20H26N4. The zero-order valence-corrected chi connectivity index (χ0v) is 15.1. The maximum absolute atomic E-state index is 4.89. The topological polar surface area (TPSA) is 32.3 Å². The Bertz CT molecular complexity index is 769. The minimum absolute atomic E-state index is 0.953. The summed E-state index contributed by atoms with van der Waals surface area (Å²) in [4.78, 5) is 14.3. The van der Waals surface area contributed by atoms with Crippen LogP contribution in [-0.2, 0) is 0 Å². The van der Waals surface area contributed by atoms with Crippen molar-refractivity contribution in [2.75, 3.05) is 36.0 Å². The second kappa shape index (κ2) is 7.04. The van der Waals surface area contributed by atoms with Gasteiger partial charge in [-0.05, 0) is 64.1 Å². The first-order valence-electron chi connectivity index (χ1n) is 8.91. The van der Waals surface area contributed by atoms with Crippen LogP contribution in [0.4, 0.5) is 11.4 Å². The van der Waals surface area contributed by atoms with Crippen molar-refractivity contribution < 1.29 is 0 Å². The molecule has 0 radical (unpaired) electrons. The fourth-order valence-corrected chi connectivity index (χ4v) is 3.22. The molecule has 0 aliphatic rings. The molecule has 0 saturated carbocycles. The van der Waals surface area contributed by atoms with E-state index in [4.69, 9.17) is 9.97 Å². The van der Waals surface area contributed by atoms with Crippen molar-refractivity contribution in [2.24, 2.45) is 0 Å². The predicted octanol–water partition coefficient (Wildman–Crippen LogP) is 4.48. The van der Waals surface area contributed by atoms with E-state index in [9.17, 15) is 0 Å². The third-order valence-electron chi connectivity index (χ3n) is 4.66.